The molecule has 0 atom stereocenters. The van der Waals surface area contributed by atoms with Gasteiger partial charge in [0.05, 0.1) is 0 Å². The summed E-state index contributed by atoms with van der Waals surface area (Å²) in [6.07, 6.45) is 9.41. The second kappa shape index (κ2) is 7.85. The van der Waals surface area contributed by atoms with Gasteiger partial charge in [-0.1, -0.05) is 43.5 Å². The zero-order valence-electron chi connectivity index (χ0n) is 11.2. The Labute approximate surface area is 116 Å². The summed E-state index contributed by atoms with van der Waals surface area (Å²) >= 11 is 2.17. The van der Waals surface area contributed by atoms with Crippen LogP contribution in [-0.4, -0.2) is 11.8 Å². The highest BCUT2D eigenvalue weighted by Crippen LogP contribution is 2.31. The first-order valence-electron chi connectivity index (χ1n) is 7.28. The third kappa shape index (κ3) is 4.33. The Morgan fingerprint density at radius 2 is 1.78 bits per heavy atom. The van der Waals surface area contributed by atoms with Gasteiger partial charge in [-0.3, -0.25) is 0 Å². The van der Waals surface area contributed by atoms with Gasteiger partial charge in [-0.2, -0.15) is 11.8 Å². The summed E-state index contributed by atoms with van der Waals surface area (Å²) < 4.78 is 0. The lowest BCUT2D eigenvalue weighted by Crippen LogP contribution is -2.08. The molecule has 1 saturated carbocycles. The van der Waals surface area contributed by atoms with E-state index in [1.165, 1.54) is 49.0 Å². The minimum absolute atomic E-state index is 0.796. The molecule has 0 unspecified atom stereocenters. The lowest BCUT2D eigenvalue weighted by Gasteiger charge is -2.21. The summed E-state index contributed by atoms with van der Waals surface area (Å²) in [4.78, 5) is 0. The summed E-state index contributed by atoms with van der Waals surface area (Å²) in [5.41, 5.74) is 8.65. The molecule has 2 heteroatoms. The summed E-state index contributed by atoms with van der Waals surface area (Å²) in [6, 6.07) is 8.89. The molecule has 100 valence electrons. The highest BCUT2D eigenvalue weighted by atomic mass is 32.2. The number of benzene rings is 1. The summed E-state index contributed by atoms with van der Waals surface area (Å²) in [5, 5.41) is 0.904. The predicted molar refractivity (Wildman–Crippen MR) is 82.0 cm³/mol. The van der Waals surface area contributed by atoms with Crippen molar-refractivity contribution in [2.45, 2.75) is 55.9 Å². The maximum Gasteiger partial charge on any atom is 0.0190 e. The van der Waals surface area contributed by atoms with Gasteiger partial charge < -0.3 is 5.73 Å². The van der Waals surface area contributed by atoms with Crippen molar-refractivity contribution < 1.29 is 0 Å². The Morgan fingerprint density at radius 1 is 1.06 bits per heavy atom. The zero-order valence-corrected chi connectivity index (χ0v) is 12.1. The SMILES string of the molecule is NCCCc1ccccc1CSC1CCCCC1. The quantitative estimate of drug-likeness (QED) is 0.834. The van der Waals surface area contributed by atoms with E-state index in [-0.39, 0.29) is 0 Å². The minimum atomic E-state index is 0.796. The number of thioether (sulfide) groups is 1. The third-order valence-corrected chi connectivity index (χ3v) is 5.22. The van der Waals surface area contributed by atoms with Crippen LogP contribution >= 0.6 is 11.8 Å². The molecule has 0 amide bonds. The van der Waals surface area contributed by atoms with Gasteiger partial charge >= 0.3 is 0 Å². The summed E-state index contributed by atoms with van der Waals surface area (Å²) in [7, 11) is 0. The highest BCUT2D eigenvalue weighted by Gasteiger charge is 2.14. The lowest BCUT2D eigenvalue weighted by molar-refractivity contribution is 0.516. The highest BCUT2D eigenvalue weighted by molar-refractivity contribution is 7.99. The molecule has 0 spiro atoms. The molecule has 0 heterocycles. The van der Waals surface area contributed by atoms with Crippen molar-refractivity contribution in [3.05, 3.63) is 35.4 Å². The van der Waals surface area contributed by atoms with Gasteiger partial charge in [-0.25, -0.2) is 0 Å². The average molecular weight is 263 g/mol. The van der Waals surface area contributed by atoms with E-state index in [0.29, 0.717) is 0 Å². The maximum absolute atomic E-state index is 5.61. The largest absolute Gasteiger partial charge is 0.330 e. The van der Waals surface area contributed by atoms with E-state index in [0.717, 1.165) is 24.6 Å². The molecular formula is C16H25NS. The number of hydrogen-bond acceptors (Lipinski definition) is 2. The van der Waals surface area contributed by atoms with Crippen LogP contribution in [0.25, 0.3) is 0 Å². The van der Waals surface area contributed by atoms with Crippen molar-refractivity contribution in [1.29, 1.82) is 0 Å². The van der Waals surface area contributed by atoms with Gasteiger partial charge in [0.15, 0.2) is 0 Å². The molecule has 1 nitrogen and oxygen atoms in total. The number of hydrogen-bond donors (Lipinski definition) is 1. The first-order chi connectivity index (χ1) is 8.90. The molecule has 0 aromatic heterocycles. The van der Waals surface area contributed by atoms with Crippen molar-refractivity contribution in [3.63, 3.8) is 0 Å². The van der Waals surface area contributed by atoms with Crippen LogP contribution < -0.4 is 5.73 Å². The Hall–Kier alpha value is -0.470. The topological polar surface area (TPSA) is 26.0 Å². The maximum atomic E-state index is 5.61. The van der Waals surface area contributed by atoms with Crippen LogP contribution in [0.4, 0.5) is 0 Å². The van der Waals surface area contributed by atoms with Crippen molar-refractivity contribution in [1.82, 2.24) is 0 Å². The number of aryl methyl sites for hydroxylation is 1. The van der Waals surface area contributed by atoms with Crippen LogP contribution in [0.3, 0.4) is 0 Å². The molecule has 1 aromatic rings. The smallest absolute Gasteiger partial charge is 0.0190 e. The van der Waals surface area contributed by atoms with Gasteiger partial charge in [0.25, 0.3) is 0 Å². The Balaban J connectivity index is 1.87. The zero-order chi connectivity index (χ0) is 12.6. The predicted octanol–water partition coefficient (Wildman–Crippen LogP) is 4.14. The molecule has 18 heavy (non-hydrogen) atoms. The molecule has 0 radical (unpaired) electrons. The van der Waals surface area contributed by atoms with E-state index in [1.54, 1.807) is 0 Å². The molecular weight excluding hydrogens is 238 g/mol. The fourth-order valence-electron chi connectivity index (χ4n) is 2.67. The molecule has 2 N–H and O–H groups in total. The lowest BCUT2D eigenvalue weighted by atomic mass is 10.0. The monoisotopic (exact) mass is 263 g/mol. The Kier molecular flexibility index (Phi) is 6.09. The Bertz CT molecular complexity index is 345. The van der Waals surface area contributed by atoms with Crippen molar-refractivity contribution >= 4 is 11.8 Å². The van der Waals surface area contributed by atoms with Gasteiger partial charge in [0, 0.05) is 11.0 Å². The van der Waals surface area contributed by atoms with Crippen LogP contribution in [0.1, 0.15) is 49.7 Å². The first-order valence-corrected chi connectivity index (χ1v) is 8.33. The van der Waals surface area contributed by atoms with Crippen molar-refractivity contribution in [2.24, 2.45) is 5.73 Å². The molecule has 0 bridgehead atoms. The molecule has 1 fully saturated rings. The molecule has 2 rings (SSSR count). The summed E-state index contributed by atoms with van der Waals surface area (Å²) in [6.45, 7) is 0.796. The second-order valence-electron chi connectivity index (χ2n) is 5.23. The molecule has 1 aromatic carbocycles. The molecule has 1 aliphatic carbocycles. The first kappa shape index (κ1) is 14.0. The van der Waals surface area contributed by atoms with E-state index < -0.39 is 0 Å². The van der Waals surface area contributed by atoms with Gasteiger partial charge in [0.1, 0.15) is 0 Å². The van der Waals surface area contributed by atoms with E-state index in [1.807, 2.05) is 0 Å². The van der Waals surface area contributed by atoms with Crippen LogP contribution in [0.15, 0.2) is 24.3 Å². The minimum Gasteiger partial charge on any atom is -0.330 e. The van der Waals surface area contributed by atoms with Crippen molar-refractivity contribution in [3.8, 4) is 0 Å². The van der Waals surface area contributed by atoms with E-state index in [4.69, 9.17) is 5.73 Å². The van der Waals surface area contributed by atoms with E-state index >= 15 is 0 Å². The van der Waals surface area contributed by atoms with Crippen LogP contribution in [0.5, 0.6) is 0 Å². The number of rotatable bonds is 6. The van der Waals surface area contributed by atoms with E-state index in [2.05, 4.69) is 36.0 Å². The fraction of sp³-hybridized carbons (Fsp3) is 0.625. The third-order valence-electron chi connectivity index (χ3n) is 3.80. The molecule has 1 aliphatic rings. The fourth-order valence-corrected chi connectivity index (χ4v) is 4.04. The summed E-state index contributed by atoms with van der Waals surface area (Å²) in [5.74, 6) is 1.19. The second-order valence-corrected chi connectivity index (χ2v) is 6.52. The standard InChI is InChI=1S/C16H25NS/c17-12-6-9-14-7-4-5-8-15(14)13-18-16-10-2-1-3-11-16/h4-5,7-8,16H,1-3,6,9-13,17H2. The molecule has 0 saturated heterocycles. The normalized spacial score (nSPS) is 16.9. The van der Waals surface area contributed by atoms with Gasteiger partial charge in [-0.15, -0.1) is 0 Å². The van der Waals surface area contributed by atoms with Gasteiger partial charge in [-0.05, 0) is 43.4 Å². The van der Waals surface area contributed by atoms with Gasteiger partial charge in [0.2, 0.25) is 0 Å². The van der Waals surface area contributed by atoms with Crippen LogP contribution in [0, 0.1) is 0 Å². The Morgan fingerprint density at radius 3 is 2.50 bits per heavy atom. The van der Waals surface area contributed by atoms with Crippen LogP contribution in [0.2, 0.25) is 0 Å². The van der Waals surface area contributed by atoms with Crippen molar-refractivity contribution in [2.75, 3.05) is 6.54 Å². The van der Waals surface area contributed by atoms with E-state index in [9.17, 15) is 0 Å². The molecule has 0 aliphatic heterocycles. The average Bonchev–Trinajstić information content (AvgIpc) is 2.45. The number of nitrogens with two attached hydrogens (primary N) is 1. The van der Waals surface area contributed by atoms with Crippen LogP contribution in [-0.2, 0) is 12.2 Å².